The molecular weight excluding hydrogens is 370 g/mol. The van der Waals surface area contributed by atoms with Gasteiger partial charge < -0.3 is 14.4 Å². The van der Waals surface area contributed by atoms with Gasteiger partial charge in [-0.25, -0.2) is 9.31 Å². The van der Waals surface area contributed by atoms with Gasteiger partial charge in [0.2, 0.25) is 0 Å². The van der Waals surface area contributed by atoms with Gasteiger partial charge in [0.05, 0.1) is 25.0 Å². The van der Waals surface area contributed by atoms with Gasteiger partial charge in [-0.2, -0.15) is 5.10 Å². The molecule has 3 aromatic rings. The minimum atomic E-state index is -0.528. The summed E-state index contributed by atoms with van der Waals surface area (Å²) in [7, 11) is 5.43. The average Bonchev–Trinajstić information content (AvgIpc) is 3.10. The molecule has 29 heavy (non-hydrogen) atoms. The third-order valence-corrected chi connectivity index (χ3v) is 4.36. The number of rotatable bonds is 7. The van der Waals surface area contributed by atoms with Gasteiger partial charge in [-0.3, -0.25) is 0 Å². The summed E-state index contributed by atoms with van der Waals surface area (Å²) in [5, 5.41) is 13.3. The Morgan fingerprint density at radius 3 is 2.48 bits per heavy atom. The molecule has 0 N–H and O–H groups in total. The molecule has 0 bridgehead atoms. The molecule has 0 atom stereocenters. The molecule has 0 unspecified atom stereocenters. The lowest BCUT2D eigenvalue weighted by Crippen LogP contribution is -2.14. The molecule has 1 aromatic carbocycles. The Morgan fingerprint density at radius 2 is 1.90 bits per heavy atom. The van der Waals surface area contributed by atoms with Crippen LogP contribution in [-0.4, -0.2) is 58.5 Å². The Bertz CT molecular complexity index is 1040. The van der Waals surface area contributed by atoms with Gasteiger partial charge in [-0.1, -0.05) is 19.1 Å². The second kappa shape index (κ2) is 8.72. The Morgan fingerprint density at radius 1 is 1.17 bits per heavy atom. The summed E-state index contributed by atoms with van der Waals surface area (Å²) in [5.74, 6) is 0.244. The highest BCUT2D eigenvalue weighted by Gasteiger charge is 2.23. The van der Waals surface area contributed by atoms with Crippen LogP contribution in [0.2, 0.25) is 0 Å². The Kier molecular flexibility index (Phi) is 6.11. The van der Waals surface area contributed by atoms with Gasteiger partial charge in [0, 0.05) is 20.3 Å². The van der Waals surface area contributed by atoms with Crippen LogP contribution in [0, 0.1) is 0 Å². The van der Waals surface area contributed by atoms with Crippen molar-refractivity contribution in [2.24, 2.45) is 0 Å². The van der Waals surface area contributed by atoms with E-state index in [1.54, 1.807) is 24.6 Å². The van der Waals surface area contributed by atoms with Crippen molar-refractivity contribution in [1.29, 1.82) is 0 Å². The van der Waals surface area contributed by atoms with Crippen molar-refractivity contribution in [2.45, 2.75) is 20.3 Å². The first kappa shape index (κ1) is 20.3. The van der Waals surface area contributed by atoms with E-state index in [0.29, 0.717) is 17.8 Å². The van der Waals surface area contributed by atoms with Crippen LogP contribution in [0.1, 0.15) is 35.7 Å². The van der Waals surface area contributed by atoms with Gasteiger partial charge >= 0.3 is 5.97 Å². The highest BCUT2D eigenvalue weighted by atomic mass is 16.5. The van der Waals surface area contributed by atoms with E-state index in [2.05, 4.69) is 10.2 Å². The molecule has 152 valence electrons. The molecule has 2 aromatic heterocycles. The molecule has 0 radical (unpaired) electrons. The highest BCUT2D eigenvalue weighted by Crippen LogP contribution is 2.30. The second-order valence-corrected chi connectivity index (χ2v) is 6.57. The number of esters is 1. The van der Waals surface area contributed by atoms with Crippen molar-refractivity contribution in [3.8, 4) is 16.9 Å². The van der Waals surface area contributed by atoms with Crippen molar-refractivity contribution >= 4 is 17.7 Å². The summed E-state index contributed by atoms with van der Waals surface area (Å²) in [6, 6.07) is 7.72. The maximum absolute atomic E-state index is 12.4. The summed E-state index contributed by atoms with van der Waals surface area (Å²) >= 11 is 0. The number of aryl methyl sites for hydroxylation is 1. The lowest BCUT2D eigenvalue weighted by molar-refractivity contribution is 0.0517. The first-order chi connectivity index (χ1) is 14.0. The van der Waals surface area contributed by atoms with Gasteiger partial charge in [0.1, 0.15) is 11.4 Å². The fourth-order valence-corrected chi connectivity index (χ4v) is 2.98. The van der Waals surface area contributed by atoms with Crippen molar-refractivity contribution in [3.63, 3.8) is 0 Å². The largest absolute Gasteiger partial charge is 0.497 e. The van der Waals surface area contributed by atoms with Crippen LogP contribution in [0.5, 0.6) is 5.75 Å². The van der Waals surface area contributed by atoms with Crippen LogP contribution in [0.15, 0.2) is 30.5 Å². The van der Waals surface area contributed by atoms with Crippen molar-refractivity contribution in [1.82, 2.24) is 24.7 Å². The monoisotopic (exact) mass is 395 g/mol. The Balaban J connectivity index is 2.26. The average molecular weight is 395 g/mol. The van der Waals surface area contributed by atoms with E-state index in [9.17, 15) is 4.79 Å². The van der Waals surface area contributed by atoms with E-state index in [1.807, 2.05) is 56.4 Å². The number of benzene rings is 1. The van der Waals surface area contributed by atoms with Crippen molar-refractivity contribution < 1.29 is 14.3 Å². The molecule has 0 aliphatic heterocycles. The predicted molar refractivity (Wildman–Crippen MR) is 111 cm³/mol. The minimum absolute atomic E-state index is 0.129. The predicted octanol–water partition coefficient (Wildman–Crippen LogP) is 3.07. The minimum Gasteiger partial charge on any atom is -0.497 e. The first-order valence-corrected chi connectivity index (χ1v) is 9.44. The van der Waals surface area contributed by atoms with E-state index in [0.717, 1.165) is 22.6 Å². The zero-order valence-electron chi connectivity index (χ0n) is 17.3. The number of methoxy groups -OCH3 is 1. The lowest BCUT2D eigenvalue weighted by Gasteiger charge is -2.08. The summed E-state index contributed by atoms with van der Waals surface area (Å²) in [6.07, 6.45) is 4.33. The van der Waals surface area contributed by atoms with Gasteiger partial charge in [0.25, 0.3) is 0 Å². The number of nitrogens with zero attached hydrogens (tertiary/aromatic N) is 5. The van der Waals surface area contributed by atoms with E-state index in [1.165, 1.54) is 0 Å². The third-order valence-electron chi connectivity index (χ3n) is 4.36. The van der Waals surface area contributed by atoms with Crippen molar-refractivity contribution in [2.75, 3.05) is 27.8 Å². The Labute approximate surface area is 169 Å². The van der Waals surface area contributed by atoms with E-state index >= 15 is 0 Å². The number of ether oxygens (including phenoxy) is 2. The molecule has 8 nitrogen and oxygen atoms in total. The molecule has 0 saturated carbocycles. The van der Waals surface area contributed by atoms with Crippen LogP contribution in [0.4, 0.5) is 0 Å². The number of fused-ring (bicyclic) bond motifs is 1. The standard InChI is InChI=1S/C21H25N5O3/c1-6-16-18(14-8-10-15(28-5)11-9-14)20-23-22-19(21(27)29-7-2)17(26(20)24-16)12-13-25(3)4/h8-13H,6-7H2,1-5H3/b13-12+. The van der Waals surface area contributed by atoms with Crippen LogP contribution >= 0.6 is 0 Å². The third kappa shape index (κ3) is 4.06. The van der Waals surface area contributed by atoms with Crippen molar-refractivity contribution in [3.05, 3.63) is 47.5 Å². The fourth-order valence-electron chi connectivity index (χ4n) is 2.98. The molecule has 0 amide bonds. The molecule has 0 fully saturated rings. The maximum atomic E-state index is 12.4. The molecule has 3 rings (SSSR count). The smallest absolute Gasteiger partial charge is 0.361 e. The first-order valence-electron chi connectivity index (χ1n) is 9.44. The molecule has 0 saturated heterocycles. The lowest BCUT2D eigenvalue weighted by atomic mass is 10.0. The fraction of sp³-hybridized carbons (Fsp3) is 0.333. The van der Waals surface area contributed by atoms with Crippen LogP contribution in [0.3, 0.4) is 0 Å². The number of aromatic nitrogens is 4. The van der Waals surface area contributed by atoms with E-state index in [-0.39, 0.29) is 12.3 Å². The summed E-state index contributed by atoms with van der Waals surface area (Å²) < 4.78 is 12.1. The molecule has 2 heterocycles. The molecule has 0 aliphatic carbocycles. The van der Waals surface area contributed by atoms with E-state index in [4.69, 9.17) is 14.6 Å². The van der Waals surface area contributed by atoms with Crippen LogP contribution in [0.25, 0.3) is 22.9 Å². The van der Waals surface area contributed by atoms with Crippen LogP contribution in [-0.2, 0) is 11.2 Å². The normalized spacial score (nSPS) is 11.2. The quantitative estimate of drug-likeness (QED) is 0.569. The highest BCUT2D eigenvalue weighted by molar-refractivity contribution is 5.91. The zero-order valence-corrected chi connectivity index (χ0v) is 17.3. The SMILES string of the molecule is CCOC(=O)c1nnc2c(-c3ccc(OC)cc3)c(CC)nn2c1/C=C/N(C)C. The molecular formula is C21H25N5O3. The molecule has 0 spiro atoms. The summed E-state index contributed by atoms with van der Waals surface area (Å²) in [6.45, 7) is 4.04. The second-order valence-electron chi connectivity index (χ2n) is 6.57. The van der Waals surface area contributed by atoms with Gasteiger partial charge in [-0.05, 0) is 37.1 Å². The zero-order chi connectivity index (χ0) is 21.0. The van der Waals surface area contributed by atoms with E-state index < -0.39 is 5.97 Å². The maximum Gasteiger partial charge on any atom is 0.361 e. The number of carbonyl (C=O) groups is 1. The number of carbonyl (C=O) groups excluding carboxylic acids is 1. The summed E-state index contributed by atoms with van der Waals surface area (Å²) in [4.78, 5) is 14.3. The molecule has 8 heteroatoms. The summed E-state index contributed by atoms with van der Waals surface area (Å²) in [5.41, 5.74) is 3.94. The van der Waals surface area contributed by atoms with Crippen LogP contribution < -0.4 is 4.74 Å². The molecule has 0 aliphatic rings. The number of hydrogen-bond acceptors (Lipinski definition) is 7. The Hall–Kier alpha value is -3.42. The van der Waals surface area contributed by atoms with Gasteiger partial charge in [-0.15, -0.1) is 10.2 Å². The topological polar surface area (TPSA) is 81.8 Å². The van der Waals surface area contributed by atoms with Gasteiger partial charge in [0.15, 0.2) is 11.3 Å². The number of hydrogen-bond donors (Lipinski definition) is 0.